The van der Waals surface area contributed by atoms with Crippen LogP contribution in [0.15, 0.2) is 41.1 Å². The fraction of sp³-hybridized carbons (Fsp3) is 0.500. The maximum Gasteiger partial charge on any atom is 0.410 e. The SMILES string of the molecule is Cn1cc(Br)nc1C1(OCC(=O)O)CCC2CN(C(=O)OCc3ccccc3)CC2C1. The predicted molar refractivity (Wildman–Crippen MR) is 115 cm³/mol. The average Bonchev–Trinajstić information content (AvgIpc) is 3.33. The van der Waals surface area contributed by atoms with Gasteiger partial charge in [0.1, 0.15) is 29.2 Å². The van der Waals surface area contributed by atoms with E-state index in [2.05, 4.69) is 20.9 Å². The number of ether oxygens (including phenoxy) is 2. The number of carbonyl (C=O) groups is 2. The molecule has 8 nitrogen and oxygen atoms in total. The van der Waals surface area contributed by atoms with Crippen LogP contribution in [0.3, 0.4) is 0 Å². The summed E-state index contributed by atoms with van der Waals surface area (Å²) >= 11 is 3.40. The first-order chi connectivity index (χ1) is 14.9. The van der Waals surface area contributed by atoms with E-state index in [4.69, 9.17) is 9.47 Å². The van der Waals surface area contributed by atoms with Gasteiger partial charge in [-0.05, 0) is 52.6 Å². The molecule has 4 rings (SSSR count). The number of likely N-dealkylation sites (tertiary alicyclic amines) is 1. The van der Waals surface area contributed by atoms with E-state index in [-0.39, 0.29) is 25.2 Å². The first-order valence-electron chi connectivity index (χ1n) is 10.4. The molecule has 31 heavy (non-hydrogen) atoms. The molecule has 0 bridgehead atoms. The van der Waals surface area contributed by atoms with Crippen molar-refractivity contribution in [2.24, 2.45) is 18.9 Å². The molecule has 3 unspecified atom stereocenters. The van der Waals surface area contributed by atoms with Gasteiger partial charge in [0, 0.05) is 26.3 Å². The number of carbonyl (C=O) groups excluding carboxylic acids is 1. The van der Waals surface area contributed by atoms with Gasteiger partial charge in [-0.2, -0.15) is 0 Å². The van der Waals surface area contributed by atoms with Gasteiger partial charge in [-0.25, -0.2) is 14.6 Å². The van der Waals surface area contributed by atoms with Gasteiger partial charge in [0.15, 0.2) is 0 Å². The van der Waals surface area contributed by atoms with E-state index in [1.54, 1.807) is 4.90 Å². The molecule has 2 aromatic rings. The molecule has 2 heterocycles. The zero-order valence-electron chi connectivity index (χ0n) is 17.4. The number of carboxylic acids is 1. The lowest BCUT2D eigenvalue weighted by molar-refractivity contribution is -0.157. The summed E-state index contributed by atoms with van der Waals surface area (Å²) in [6.45, 7) is 1.09. The summed E-state index contributed by atoms with van der Waals surface area (Å²) in [4.78, 5) is 30.2. The zero-order valence-corrected chi connectivity index (χ0v) is 19.0. The van der Waals surface area contributed by atoms with Crippen LogP contribution >= 0.6 is 15.9 Å². The molecule has 166 valence electrons. The standard InChI is InChI=1S/C22H26BrN3O5/c1-25-12-18(23)24-20(25)22(31-14-19(27)28)8-7-16-10-26(11-17(16)9-22)21(29)30-13-15-5-3-2-4-6-15/h2-6,12,16-17H,7-11,13-14H2,1H3,(H,27,28). The summed E-state index contributed by atoms with van der Waals surface area (Å²) in [7, 11) is 1.88. The minimum atomic E-state index is -1.01. The lowest BCUT2D eigenvalue weighted by atomic mass is 9.72. The van der Waals surface area contributed by atoms with E-state index in [1.807, 2.05) is 48.1 Å². The van der Waals surface area contributed by atoms with Gasteiger partial charge in [0.25, 0.3) is 0 Å². The van der Waals surface area contributed by atoms with Crippen molar-refractivity contribution >= 4 is 28.0 Å². The van der Waals surface area contributed by atoms with Gasteiger partial charge >= 0.3 is 12.1 Å². The number of fused-ring (bicyclic) bond motifs is 1. The van der Waals surface area contributed by atoms with E-state index in [9.17, 15) is 14.7 Å². The van der Waals surface area contributed by atoms with Gasteiger partial charge in [-0.15, -0.1) is 0 Å². The molecule has 1 amide bonds. The highest BCUT2D eigenvalue weighted by Crippen LogP contribution is 2.48. The van der Waals surface area contributed by atoms with Crippen molar-refractivity contribution in [3.8, 4) is 0 Å². The predicted octanol–water partition coefficient (Wildman–Crippen LogP) is 3.55. The Morgan fingerprint density at radius 3 is 2.68 bits per heavy atom. The monoisotopic (exact) mass is 491 g/mol. The number of imidazole rings is 1. The number of benzene rings is 1. The van der Waals surface area contributed by atoms with Crippen LogP contribution in [-0.2, 0) is 33.5 Å². The Hall–Kier alpha value is -2.39. The number of hydrogen-bond donors (Lipinski definition) is 1. The van der Waals surface area contributed by atoms with Crippen molar-refractivity contribution < 1.29 is 24.2 Å². The van der Waals surface area contributed by atoms with Crippen LogP contribution in [0.5, 0.6) is 0 Å². The highest BCUT2D eigenvalue weighted by molar-refractivity contribution is 9.10. The van der Waals surface area contributed by atoms with Gasteiger partial charge < -0.3 is 24.0 Å². The number of rotatable bonds is 6. The molecular weight excluding hydrogens is 466 g/mol. The first-order valence-corrected chi connectivity index (χ1v) is 11.2. The van der Waals surface area contributed by atoms with Crippen molar-refractivity contribution in [1.82, 2.24) is 14.5 Å². The number of hydrogen-bond acceptors (Lipinski definition) is 5. The Morgan fingerprint density at radius 1 is 1.26 bits per heavy atom. The third-order valence-corrected chi connectivity index (χ3v) is 6.66. The van der Waals surface area contributed by atoms with E-state index < -0.39 is 11.6 Å². The molecule has 2 aliphatic rings. The fourth-order valence-electron chi connectivity index (χ4n) is 4.85. The second-order valence-electron chi connectivity index (χ2n) is 8.38. The lowest BCUT2D eigenvalue weighted by Gasteiger charge is -2.41. The second-order valence-corrected chi connectivity index (χ2v) is 9.20. The average molecular weight is 492 g/mol. The molecule has 9 heteroatoms. The molecule has 1 aliphatic carbocycles. The molecule has 1 aromatic carbocycles. The van der Waals surface area contributed by atoms with E-state index in [0.29, 0.717) is 42.3 Å². The summed E-state index contributed by atoms with van der Waals surface area (Å²) in [5.41, 5.74) is 0.165. The van der Waals surface area contributed by atoms with Crippen LogP contribution in [0.1, 0.15) is 30.7 Å². The first kappa shape index (κ1) is 21.8. The molecule has 1 N–H and O–H groups in total. The van der Waals surface area contributed by atoms with E-state index in [0.717, 1.165) is 12.0 Å². The topological polar surface area (TPSA) is 93.9 Å². The minimum absolute atomic E-state index is 0.197. The number of aryl methyl sites for hydroxylation is 1. The number of aromatic nitrogens is 2. The number of nitrogens with zero attached hydrogens (tertiary/aromatic N) is 3. The van der Waals surface area contributed by atoms with Gasteiger partial charge in [0.05, 0.1) is 0 Å². The number of aliphatic carboxylic acids is 1. The molecule has 2 fully saturated rings. The highest BCUT2D eigenvalue weighted by atomic mass is 79.9. The summed E-state index contributed by atoms with van der Waals surface area (Å²) in [5, 5.41) is 9.20. The number of halogens is 1. The number of carboxylic acid groups (broad SMARTS) is 1. The summed E-state index contributed by atoms with van der Waals surface area (Å²) < 4.78 is 14.1. The molecule has 1 aliphatic heterocycles. The molecular formula is C22H26BrN3O5. The normalized spacial score (nSPS) is 25.3. The van der Waals surface area contributed by atoms with Gasteiger partial charge in [-0.1, -0.05) is 30.3 Å². The fourth-order valence-corrected chi connectivity index (χ4v) is 5.33. The Labute approximate surface area is 189 Å². The van der Waals surface area contributed by atoms with Crippen molar-refractivity contribution in [3.05, 3.63) is 52.5 Å². The van der Waals surface area contributed by atoms with Crippen LogP contribution in [0.2, 0.25) is 0 Å². The number of amides is 1. The zero-order chi connectivity index (χ0) is 22.0. The quantitative estimate of drug-likeness (QED) is 0.663. The Kier molecular flexibility index (Phi) is 6.34. The molecule has 0 radical (unpaired) electrons. The van der Waals surface area contributed by atoms with Crippen LogP contribution in [0.25, 0.3) is 0 Å². The Balaban J connectivity index is 1.45. The van der Waals surface area contributed by atoms with Crippen molar-refractivity contribution in [2.45, 2.75) is 31.5 Å². The molecule has 3 atom stereocenters. The molecule has 0 spiro atoms. The van der Waals surface area contributed by atoms with Crippen molar-refractivity contribution in [3.63, 3.8) is 0 Å². The van der Waals surface area contributed by atoms with E-state index >= 15 is 0 Å². The van der Waals surface area contributed by atoms with Crippen LogP contribution in [-0.4, -0.2) is 51.3 Å². The summed E-state index contributed by atoms with van der Waals surface area (Å²) in [5.74, 6) is 0.244. The second kappa shape index (κ2) is 9.00. The Morgan fingerprint density at radius 2 is 2.00 bits per heavy atom. The van der Waals surface area contributed by atoms with Crippen molar-refractivity contribution in [1.29, 1.82) is 0 Å². The molecule has 1 aromatic heterocycles. The van der Waals surface area contributed by atoms with Gasteiger partial charge in [0.2, 0.25) is 0 Å². The maximum absolute atomic E-state index is 12.6. The maximum atomic E-state index is 12.6. The van der Waals surface area contributed by atoms with Crippen molar-refractivity contribution in [2.75, 3.05) is 19.7 Å². The summed E-state index contributed by atoms with van der Waals surface area (Å²) in [6, 6.07) is 9.61. The molecule has 1 saturated heterocycles. The largest absolute Gasteiger partial charge is 0.480 e. The third kappa shape index (κ3) is 4.77. The minimum Gasteiger partial charge on any atom is -0.480 e. The smallest absolute Gasteiger partial charge is 0.410 e. The highest BCUT2D eigenvalue weighted by Gasteiger charge is 2.49. The van der Waals surface area contributed by atoms with Crippen LogP contribution < -0.4 is 0 Å². The Bertz CT molecular complexity index is 950. The van der Waals surface area contributed by atoms with Crippen LogP contribution in [0.4, 0.5) is 4.79 Å². The van der Waals surface area contributed by atoms with E-state index in [1.165, 1.54) is 0 Å². The lowest BCUT2D eigenvalue weighted by Crippen LogP contribution is -2.42. The molecule has 1 saturated carbocycles. The van der Waals surface area contributed by atoms with Crippen LogP contribution in [0, 0.1) is 11.8 Å². The van der Waals surface area contributed by atoms with Gasteiger partial charge in [-0.3, -0.25) is 0 Å². The summed E-state index contributed by atoms with van der Waals surface area (Å²) in [6.07, 6.45) is 3.64. The third-order valence-electron chi connectivity index (χ3n) is 6.28.